The maximum absolute atomic E-state index is 11.9. The first-order valence-electron chi connectivity index (χ1n) is 7.25. The quantitative estimate of drug-likeness (QED) is 0.856. The van der Waals surface area contributed by atoms with E-state index in [2.05, 4.69) is 22.4 Å². The molecule has 118 valence electrons. The molecule has 0 aliphatic carbocycles. The minimum Gasteiger partial charge on any atom is -0.411 e. The highest BCUT2D eigenvalue weighted by atomic mass is 32.2. The third-order valence-corrected chi connectivity index (χ3v) is 4.17. The third kappa shape index (κ3) is 4.10. The van der Waals surface area contributed by atoms with Gasteiger partial charge in [0.25, 0.3) is 5.22 Å². The van der Waals surface area contributed by atoms with Crippen LogP contribution in [0.25, 0.3) is 11.5 Å². The Morgan fingerprint density at radius 1 is 1.18 bits per heavy atom. The van der Waals surface area contributed by atoms with Crippen molar-refractivity contribution in [2.24, 2.45) is 0 Å². The van der Waals surface area contributed by atoms with Gasteiger partial charge in [-0.3, -0.25) is 4.79 Å². The first kappa shape index (κ1) is 16.5. The summed E-state index contributed by atoms with van der Waals surface area (Å²) in [5, 5.41) is 11.1. The summed E-state index contributed by atoms with van der Waals surface area (Å²) in [6.45, 7) is 9.79. The summed E-state index contributed by atoms with van der Waals surface area (Å²) in [4.78, 5) is 11.9. The predicted molar refractivity (Wildman–Crippen MR) is 87.8 cm³/mol. The van der Waals surface area contributed by atoms with E-state index >= 15 is 0 Å². The Morgan fingerprint density at radius 2 is 1.91 bits per heavy atom. The highest BCUT2D eigenvalue weighted by Gasteiger charge is 2.19. The van der Waals surface area contributed by atoms with E-state index in [9.17, 15) is 4.79 Å². The number of aromatic nitrogens is 2. The van der Waals surface area contributed by atoms with E-state index in [1.54, 1.807) is 0 Å². The minimum atomic E-state index is -0.282. The summed E-state index contributed by atoms with van der Waals surface area (Å²) in [6, 6.07) is 6.12. The Kier molecular flexibility index (Phi) is 5.24. The molecule has 0 saturated carbocycles. The molecule has 1 aromatic carbocycles. The number of benzene rings is 1. The number of thioether (sulfide) groups is 1. The number of hydrogen-bond donors (Lipinski definition) is 1. The van der Waals surface area contributed by atoms with Gasteiger partial charge in [-0.15, -0.1) is 10.2 Å². The van der Waals surface area contributed by atoms with Crippen LogP contribution in [0.1, 0.15) is 31.9 Å². The van der Waals surface area contributed by atoms with E-state index in [0.29, 0.717) is 11.1 Å². The van der Waals surface area contributed by atoms with Gasteiger partial charge in [0.15, 0.2) is 0 Å². The Morgan fingerprint density at radius 3 is 2.55 bits per heavy atom. The molecule has 1 N–H and O–H groups in total. The van der Waals surface area contributed by atoms with Crippen molar-refractivity contribution in [2.75, 3.05) is 0 Å². The molecular formula is C16H21N3O2S. The van der Waals surface area contributed by atoms with Crippen LogP contribution in [0.3, 0.4) is 0 Å². The van der Waals surface area contributed by atoms with Gasteiger partial charge in [-0.2, -0.15) is 0 Å². The van der Waals surface area contributed by atoms with Crippen molar-refractivity contribution >= 4 is 17.7 Å². The molecule has 22 heavy (non-hydrogen) atoms. The van der Waals surface area contributed by atoms with Gasteiger partial charge >= 0.3 is 0 Å². The lowest BCUT2D eigenvalue weighted by molar-refractivity contribution is -0.120. The summed E-state index contributed by atoms with van der Waals surface area (Å²) in [5.41, 5.74) is 3.29. The van der Waals surface area contributed by atoms with Crippen molar-refractivity contribution in [3.63, 3.8) is 0 Å². The second kappa shape index (κ2) is 6.96. The zero-order valence-electron chi connectivity index (χ0n) is 13.5. The molecule has 1 amide bonds. The second-order valence-electron chi connectivity index (χ2n) is 5.60. The predicted octanol–water partition coefficient (Wildman–Crippen LogP) is 3.36. The van der Waals surface area contributed by atoms with Gasteiger partial charge in [-0.05, 0) is 57.9 Å². The molecule has 5 nitrogen and oxygen atoms in total. The lowest BCUT2D eigenvalue weighted by Gasteiger charge is -2.12. The van der Waals surface area contributed by atoms with Crippen LogP contribution in [0.4, 0.5) is 0 Å². The van der Waals surface area contributed by atoms with E-state index < -0.39 is 0 Å². The van der Waals surface area contributed by atoms with Gasteiger partial charge in [0.1, 0.15) is 0 Å². The molecule has 1 heterocycles. The number of nitrogens with zero attached hydrogens (tertiary/aromatic N) is 2. The monoisotopic (exact) mass is 319 g/mol. The van der Waals surface area contributed by atoms with Crippen molar-refractivity contribution < 1.29 is 9.21 Å². The molecule has 0 unspecified atom stereocenters. The van der Waals surface area contributed by atoms with E-state index in [0.717, 1.165) is 5.56 Å². The molecule has 1 atom stereocenters. The summed E-state index contributed by atoms with van der Waals surface area (Å²) < 4.78 is 5.65. The number of aryl methyl sites for hydroxylation is 2. The fraction of sp³-hybridized carbons (Fsp3) is 0.438. The molecule has 0 aliphatic rings. The van der Waals surface area contributed by atoms with Crippen LogP contribution in [-0.4, -0.2) is 27.4 Å². The largest absolute Gasteiger partial charge is 0.411 e. The van der Waals surface area contributed by atoms with Crippen LogP contribution in [0.2, 0.25) is 0 Å². The molecule has 0 fully saturated rings. The second-order valence-corrected chi connectivity index (χ2v) is 6.89. The summed E-state index contributed by atoms with van der Waals surface area (Å²) in [7, 11) is 0. The zero-order chi connectivity index (χ0) is 16.3. The van der Waals surface area contributed by atoms with E-state index in [1.807, 2.05) is 45.9 Å². The molecule has 0 saturated heterocycles. The number of carbonyl (C=O) groups is 1. The van der Waals surface area contributed by atoms with Crippen LogP contribution >= 0.6 is 11.8 Å². The smallest absolute Gasteiger partial charge is 0.277 e. The molecule has 1 aromatic heterocycles. The highest BCUT2D eigenvalue weighted by molar-refractivity contribution is 8.00. The van der Waals surface area contributed by atoms with E-state index in [4.69, 9.17) is 4.42 Å². The van der Waals surface area contributed by atoms with Gasteiger partial charge in [0.05, 0.1) is 5.25 Å². The molecule has 2 aromatic rings. The number of amides is 1. The van der Waals surface area contributed by atoms with Crippen LogP contribution in [-0.2, 0) is 4.79 Å². The normalized spacial score (nSPS) is 12.5. The third-order valence-electron chi connectivity index (χ3n) is 3.24. The van der Waals surface area contributed by atoms with Crippen molar-refractivity contribution in [3.8, 4) is 11.5 Å². The first-order valence-corrected chi connectivity index (χ1v) is 8.13. The standard InChI is InChI=1S/C16H21N3O2S/c1-9(2)17-14(20)12(5)22-16-19-18-15(21-16)13-7-6-10(3)11(4)8-13/h6-9,12H,1-5H3,(H,17,20)/t12-/m0/s1. The van der Waals surface area contributed by atoms with Crippen LogP contribution in [0.5, 0.6) is 0 Å². The van der Waals surface area contributed by atoms with Crippen molar-refractivity contribution in [1.82, 2.24) is 15.5 Å². The average Bonchev–Trinajstić information content (AvgIpc) is 2.89. The summed E-state index contributed by atoms with van der Waals surface area (Å²) in [6.07, 6.45) is 0. The fourth-order valence-corrected chi connectivity index (χ4v) is 2.55. The fourth-order valence-electron chi connectivity index (χ4n) is 1.86. The lowest BCUT2D eigenvalue weighted by atomic mass is 10.1. The van der Waals surface area contributed by atoms with Crippen LogP contribution in [0, 0.1) is 13.8 Å². The molecule has 0 radical (unpaired) electrons. The Bertz CT molecular complexity index is 667. The highest BCUT2D eigenvalue weighted by Crippen LogP contribution is 2.27. The van der Waals surface area contributed by atoms with Gasteiger partial charge in [-0.1, -0.05) is 17.8 Å². The van der Waals surface area contributed by atoms with Crippen molar-refractivity contribution in [2.45, 2.75) is 51.1 Å². The van der Waals surface area contributed by atoms with Gasteiger partial charge in [0, 0.05) is 11.6 Å². The average molecular weight is 319 g/mol. The van der Waals surface area contributed by atoms with Crippen LogP contribution < -0.4 is 5.32 Å². The maximum atomic E-state index is 11.9. The number of nitrogens with one attached hydrogen (secondary N) is 1. The zero-order valence-corrected chi connectivity index (χ0v) is 14.3. The number of carbonyl (C=O) groups excluding carboxylic acids is 1. The van der Waals surface area contributed by atoms with Gasteiger partial charge in [-0.25, -0.2) is 0 Å². The summed E-state index contributed by atoms with van der Waals surface area (Å²) >= 11 is 1.26. The Hall–Kier alpha value is -1.82. The Labute approximate surface area is 134 Å². The summed E-state index contributed by atoms with van der Waals surface area (Å²) in [5.74, 6) is 0.438. The lowest BCUT2D eigenvalue weighted by Crippen LogP contribution is -2.35. The van der Waals surface area contributed by atoms with Crippen molar-refractivity contribution in [1.29, 1.82) is 0 Å². The topological polar surface area (TPSA) is 68.0 Å². The van der Waals surface area contributed by atoms with Crippen LogP contribution in [0.15, 0.2) is 27.8 Å². The molecule has 2 rings (SSSR count). The molecule has 0 spiro atoms. The minimum absolute atomic E-state index is 0.0362. The molecule has 0 bridgehead atoms. The maximum Gasteiger partial charge on any atom is 0.277 e. The number of rotatable bonds is 5. The SMILES string of the molecule is Cc1ccc(-c2nnc(S[C@@H](C)C(=O)NC(C)C)o2)cc1C. The van der Waals surface area contributed by atoms with Crippen molar-refractivity contribution in [3.05, 3.63) is 29.3 Å². The number of hydrogen-bond acceptors (Lipinski definition) is 5. The Balaban J connectivity index is 2.08. The van der Waals surface area contributed by atoms with E-state index in [-0.39, 0.29) is 17.2 Å². The molecular weight excluding hydrogens is 298 g/mol. The first-order chi connectivity index (χ1) is 10.4. The van der Waals surface area contributed by atoms with Gasteiger partial charge < -0.3 is 9.73 Å². The van der Waals surface area contributed by atoms with Gasteiger partial charge in [0.2, 0.25) is 11.8 Å². The van der Waals surface area contributed by atoms with E-state index in [1.165, 1.54) is 22.9 Å². The molecule has 6 heteroatoms. The molecule has 0 aliphatic heterocycles.